The van der Waals surface area contributed by atoms with Crippen LogP contribution < -0.4 is 4.74 Å². The second-order valence-corrected chi connectivity index (χ2v) is 5.68. The van der Waals surface area contributed by atoms with E-state index in [1.165, 1.54) is 11.1 Å². The van der Waals surface area contributed by atoms with Crippen LogP contribution in [-0.4, -0.2) is 23.5 Å². The number of nitrogens with zero attached hydrogens (tertiary/aromatic N) is 2. The van der Waals surface area contributed by atoms with Crippen molar-refractivity contribution in [3.8, 4) is 11.8 Å². The Morgan fingerprint density at radius 2 is 2.00 bits per heavy atom. The minimum absolute atomic E-state index is 0.0261. The molecular formula is C19H18N2O2. The third-order valence-corrected chi connectivity index (χ3v) is 4.07. The van der Waals surface area contributed by atoms with Gasteiger partial charge in [0.2, 0.25) is 0 Å². The number of hydrogen-bond donors (Lipinski definition) is 0. The molecule has 0 saturated carbocycles. The molecule has 116 valence electrons. The number of carbonyl (C=O) groups excluding carboxylic acids is 1. The van der Waals surface area contributed by atoms with E-state index in [4.69, 9.17) is 10.00 Å². The highest BCUT2D eigenvalue weighted by molar-refractivity contribution is 5.81. The van der Waals surface area contributed by atoms with Gasteiger partial charge >= 0.3 is 0 Å². The average Bonchev–Trinajstić information content (AvgIpc) is 2.60. The molecule has 3 rings (SSSR count). The SMILES string of the molecule is CC(Oc1cccc(C#N)c1)C(=O)N1CCc2ccccc2C1. The van der Waals surface area contributed by atoms with E-state index in [2.05, 4.69) is 18.2 Å². The van der Waals surface area contributed by atoms with E-state index in [-0.39, 0.29) is 5.91 Å². The Labute approximate surface area is 135 Å². The Morgan fingerprint density at radius 3 is 2.78 bits per heavy atom. The smallest absolute Gasteiger partial charge is 0.263 e. The van der Waals surface area contributed by atoms with Crippen molar-refractivity contribution in [2.24, 2.45) is 0 Å². The molecule has 4 nitrogen and oxygen atoms in total. The van der Waals surface area contributed by atoms with Gasteiger partial charge in [-0.2, -0.15) is 5.26 Å². The highest BCUT2D eigenvalue weighted by Gasteiger charge is 2.25. The third-order valence-electron chi connectivity index (χ3n) is 4.07. The Bertz CT molecular complexity index is 764. The third kappa shape index (κ3) is 3.35. The predicted molar refractivity (Wildman–Crippen MR) is 86.8 cm³/mol. The molecule has 4 heteroatoms. The number of amides is 1. The molecule has 1 atom stereocenters. The zero-order valence-electron chi connectivity index (χ0n) is 13.0. The first-order valence-electron chi connectivity index (χ1n) is 7.70. The van der Waals surface area contributed by atoms with Crippen LogP contribution in [0.1, 0.15) is 23.6 Å². The Kier molecular flexibility index (Phi) is 4.29. The second-order valence-electron chi connectivity index (χ2n) is 5.68. The van der Waals surface area contributed by atoms with Crippen LogP contribution in [0.15, 0.2) is 48.5 Å². The van der Waals surface area contributed by atoms with E-state index in [0.717, 1.165) is 6.42 Å². The lowest BCUT2D eigenvalue weighted by Gasteiger charge is -2.31. The molecule has 2 aromatic carbocycles. The van der Waals surface area contributed by atoms with E-state index >= 15 is 0 Å². The van der Waals surface area contributed by atoms with Crippen molar-refractivity contribution >= 4 is 5.91 Å². The van der Waals surface area contributed by atoms with Crippen molar-refractivity contribution in [1.29, 1.82) is 5.26 Å². The quantitative estimate of drug-likeness (QED) is 0.876. The molecule has 1 unspecified atom stereocenters. The summed E-state index contributed by atoms with van der Waals surface area (Å²) in [4.78, 5) is 14.4. The summed E-state index contributed by atoms with van der Waals surface area (Å²) in [6.45, 7) is 3.09. The largest absolute Gasteiger partial charge is 0.481 e. The highest BCUT2D eigenvalue weighted by atomic mass is 16.5. The fraction of sp³-hybridized carbons (Fsp3) is 0.263. The Hall–Kier alpha value is -2.80. The monoisotopic (exact) mass is 306 g/mol. The zero-order valence-corrected chi connectivity index (χ0v) is 13.0. The molecular weight excluding hydrogens is 288 g/mol. The maximum atomic E-state index is 12.6. The van der Waals surface area contributed by atoms with Gasteiger partial charge in [-0.15, -0.1) is 0 Å². The van der Waals surface area contributed by atoms with Gasteiger partial charge in [0.1, 0.15) is 5.75 Å². The van der Waals surface area contributed by atoms with Gasteiger partial charge in [-0.05, 0) is 42.7 Å². The first-order chi connectivity index (χ1) is 11.2. The minimum atomic E-state index is -0.575. The number of fused-ring (bicyclic) bond motifs is 1. The van der Waals surface area contributed by atoms with Gasteiger partial charge in [0.05, 0.1) is 11.6 Å². The lowest BCUT2D eigenvalue weighted by atomic mass is 9.99. The molecule has 1 heterocycles. The van der Waals surface area contributed by atoms with Crippen LogP contribution in [0.25, 0.3) is 0 Å². The summed E-state index contributed by atoms with van der Waals surface area (Å²) in [5.74, 6) is 0.518. The fourth-order valence-electron chi connectivity index (χ4n) is 2.83. The van der Waals surface area contributed by atoms with Crippen molar-refractivity contribution in [2.45, 2.75) is 26.0 Å². The van der Waals surface area contributed by atoms with Crippen LogP contribution in [0.5, 0.6) is 5.75 Å². The zero-order chi connectivity index (χ0) is 16.2. The standard InChI is InChI=1S/C19H18N2O2/c1-14(23-18-8-4-5-15(11-18)12-20)19(22)21-10-9-16-6-2-3-7-17(16)13-21/h2-8,11,14H,9-10,13H2,1H3. The van der Waals surface area contributed by atoms with E-state index in [9.17, 15) is 4.79 Å². The Morgan fingerprint density at radius 1 is 1.22 bits per heavy atom. The number of carbonyl (C=O) groups is 1. The van der Waals surface area contributed by atoms with Crippen molar-refractivity contribution in [3.05, 3.63) is 65.2 Å². The van der Waals surface area contributed by atoms with Crippen LogP contribution in [0.3, 0.4) is 0 Å². The molecule has 0 bridgehead atoms. The highest BCUT2D eigenvalue weighted by Crippen LogP contribution is 2.20. The topological polar surface area (TPSA) is 53.3 Å². The van der Waals surface area contributed by atoms with Crippen molar-refractivity contribution in [2.75, 3.05) is 6.54 Å². The molecule has 0 saturated heterocycles. The maximum Gasteiger partial charge on any atom is 0.263 e. The van der Waals surface area contributed by atoms with E-state index in [1.807, 2.05) is 17.0 Å². The summed E-state index contributed by atoms with van der Waals surface area (Å²) in [7, 11) is 0. The molecule has 0 fully saturated rings. The molecule has 0 aliphatic carbocycles. The van der Waals surface area contributed by atoms with Crippen LogP contribution in [-0.2, 0) is 17.8 Å². The molecule has 1 aliphatic rings. The van der Waals surface area contributed by atoms with E-state index < -0.39 is 6.10 Å². The van der Waals surface area contributed by atoms with Crippen molar-refractivity contribution < 1.29 is 9.53 Å². The number of nitriles is 1. The van der Waals surface area contributed by atoms with Gasteiger partial charge in [-0.3, -0.25) is 4.79 Å². The number of rotatable bonds is 3. The summed E-state index contributed by atoms with van der Waals surface area (Å²) in [5, 5.41) is 8.92. The maximum absolute atomic E-state index is 12.6. The molecule has 1 amide bonds. The van der Waals surface area contributed by atoms with Gasteiger partial charge in [0.15, 0.2) is 6.10 Å². The van der Waals surface area contributed by atoms with Crippen LogP contribution in [0, 0.1) is 11.3 Å². The summed E-state index contributed by atoms with van der Waals surface area (Å²) >= 11 is 0. The first kappa shape index (κ1) is 15.1. The number of hydrogen-bond acceptors (Lipinski definition) is 3. The summed E-state index contributed by atoms with van der Waals surface area (Å²) in [5.41, 5.74) is 3.03. The lowest BCUT2D eigenvalue weighted by molar-refractivity contribution is -0.138. The number of benzene rings is 2. The first-order valence-corrected chi connectivity index (χ1v) is 7.70. The van der Waals surface area contributed by atoms with Gasteiger partial charge in [0.25, 0.3) is 5.91 Å². The van der Waals surface area contributed by atoms with E-state index in [1.54, 1.807) is 31.2 Å². The molecule has 0 aromatic heterocycles. The number of ether oxygens (including phenoxy) is 1. The molecule has 1 aliphatic heterocycles. The average molecular weight is 306 g/mol. The van der Waals surface area contributed by atoms with Gasteiger partial charge in [-0.25, -0.2) is 0 Å². The van der Waals surface area contributed by atoms with Gasteiger partial charge < -0.3 is 9.64 Å². The van der Waals surface area contributed by atoms with Crippen molar-refractivity contribution in [1.82, 2.24) is 4.90 Å². The minimum Gasteiger partial charge on any atom is -0.481 e. The fourth-order valence-corrected chi connectivity index (χ4v) is 2.83. The second kappa shape index (κ2) is 6.53. The van der Waals surface area contributed by atoms with Crippen LogP contribution >= 0.6 is 0 Å². The molecule has 2 aromatic rings. The summed E-state index contributed by atoms with van der Waals surface area (Å²) in [6.07, 6.45) is 0.299. The lowest BCUT2D eigenvalue weighted by Crippen LogP contribution is -2.43. The molecule has 0 N–H and O–H groups in total. The molecule has 23 heavy (non-hydrogen) atoms. The summed E-state index contributed by atoms with van der Waals surface area (Å²) in [6, 6.07) is 17.2. The molecule has 0 radical (unpaired) electrons. The normalized spacial score (nSPS) is 14.5. The Balaban J connectivity index is 1.67. The van der Waals surface area contributed by atoms with Crippen LogP contribution in [0.4, 0.5) is 0 Å². The van der Waals surface area contributed by atoms with Crippen LogP contribution in [0.2, 0.25) is 0 Å². The van der Waals surface area contributed by atoms with E-state index in [0.29, 0.717) is 24.4 Å². The molecule has 0 spiro atoms. The predicted octanol–water partition coefficient (Wildman–Crippen LogP) is 2.91. The van der Waals surface area contributed by atoms with Gasteiger partial charge in [-0.1, -0.05) is 30.3 Å². The summed E-state index contributed by atoms with van der Waals surface area (Å²) < 4.78 is 5.72. The van der Waals surface area contributed by atoms with Crippen molar-refractivity contribution in [3.63, 3.8) is 0 Å². The van der Waals surface area contributed by atoms with Gasteiger partial charge in [0, 0.05) is 13.1 Å².